The van der Waals surface area contributed by atoms with Crippen molar-refractivity contribution in [3.05, 3.63) is 11.4 Å². The lowest BCUT2D eigenvalue weighted by Crippen LogP contribution is -2.26. The van der Waals surface area contributed by atoms with Crippen molar-refractivity contribution in [1.82, 2.24) is 9.97 Å². The Balaban J connectivity index is 3.05. The van der Waals surface area contributed by atoms with E-state index in [1.165, 1.54) is 0 Å². The van der Waals surface area contributed by atoms with Crippen molar-refractivity contribution in [2.24, 2.45) is 5.92 Å². The monoisotopic (exact) mass is 280 g/mol. The summed E-state index contributed by atoms with van der Waals surface area (Å²) in [5, 5.41) is 16.3. The zero-order valence-corrected chi connectivity index (χ0v) is 13.7. The molecule has 0 aromatic carbocycles. The molecule has 0 radical (unpaired) electrons. The largest absolute Gasteiger partial charge is 0.391 e. The van der Waals surface area contributed by atoms with Crippen molar-refractivity contribution >= 4 is 11.6 Å². The summed E-state index contributed by atoms with van der Waals surface area (Å²) in [5.74, 6) is 2.62. The van der Waals surface area contributed by atoms with Crippen LogP contribution < -0.4 is 10.6 Å². The van der Waals surface area contributed by atoms with E-state index in [1.807, 2.05) is 27.8 Å². The van der Waals surface area contributed by atoms with Crippen molar-refractivity contribution in [3.63, 3.8) is 0 Å². The Morgan fingerprint density at radius 1 is 1.15 bits per heavy atom. The lowest BCUT2D eigenvalue weighted by molar-refractivity contribution is 0.138. The minimum atomic E-state index is -0.388. The normalized spacial score (nSPS) is 13.4. The summed E-state index contributed by atoms with van der Waals surface area (Å²) in [6.45, 7) is 12.7. The van der Waals surface area contributed by atoms with E-state index in [0.29, 0.717) is 6.54 Å². The number of nitrogens with zero attached hydrogens (tertiary/aromatic N) is 2. The summed E-state index contributed by atoms with van der Waals surface area (Å²) in [5.41, 5.74) is 0.850. The average molecular weight is 280 g/mol. The van der Waals surface area contributed by atoms with Crippen molar-refractivity contribution < 1.29 is 5.11 Å². The summed E-state index contributed by atoms with van der Waals surface area (Å²) in [7, 11) is 1.86. The minimum Gasteiger partial charge on any atom is -0.391 e. The van der Waals surface area contributed by atoms with Crippen molar-refractivity contribution in [3.8, 4) is 0 Å². The van der Waals surface area contributed by atoms with Crippen LogP contribution in [-0.4, -0.2) is 34.8 Å². The van der Waals surface area contributed by atoms with Crippen LogP contribution in [0.25, 0.3) is 0 Å². The maximum Gasteiger partial charge on any atom is 0.138 e. The van der Waals surface area contributed by atoms with Crippen LogP contribution in [0.1, 0.15) is 46.0 Å². The van der Waals surface area contributed by atoms with Crippen molar-refractivity contribution in [2.75, 3.05) is 24.2 Å². The first kappa shape index (κ1) is 16.7. The molecule has 0 aliphatic heterocycles. The first-order valence-electron chi connectivity index (χ1n) is 7.15. The molecule has 114 valence electrons. The highest BCUT2D eigenvalue weighted by Crippen LogP contribution is 2.26. The van der Waals surface area contributed by atoms with Crippen LogP contribution in [0.2, 0.25) is 0 Å². The molecule has 5 heteroatoms. The first-order valence-corrected chi connectivity index (χ1v) is 7.15. The molecule has 0 aliphatic carbocycles. The third-order valence-electron chi connectivity index (χ3n) is 3.30. The Bertz CT molecular complexity index is 452. The van der Waals surface area contributed by atoms with Gasteiger partial charge in [0, 0.05) is 24.6 Å². The molecule has 1 unspecified atom stereocenters. The second-order valence-corrected chi connectivity index (χ2v) is 6.56. The molecule has 1 aromatic rings. The van der Waals surface area contributed by atoms with E-state index in [1.54, 1.807) is 0 Å². The summed E-state index contributed by atoms with van der Waals surface area (Å²) >= 11 is 0. The zero-order valence-electron chi connectivity index (χ0n) is 13.7. The van der Waals surface area contributed by atoms with Gasteiger partial charge in [-0.2, -0.15) is 0 Å². The summed E-state index contributed by atoms with van der Waals surface area (Å²) < 4.78 is 0. The van der Waals surface area contributed by atoms with Crippen LogP contribution in [0.15, 0.2) is 0 Å². The lowest BCUT2D eigenvalue weighted by atomic mass is 9.95. The maximum absolute atomic E-state index is 9.91. The minimum absolute atomic E-state index is 0.119. The van der Waals surface area contributed by atoms with Gasteiger partial charge in [-0.05, 0) is 12.8 Å². The second kappa shape index (κ2) is 6.39. The molecule has 1 atom stereocenters. The van der Waals surface area contributed by atoms with Crippen LogP contribution in [0.5, 0.6) is 0 Å². The molecular weight excluding hydrogens is 252 g/mol. The van der Waals surface area contributed by atoms with Gasteiger partial charge in [-0.15, -0.1) is 0 Å². The van der Waals surface area contributed by atoms with Crippen molar-refractivity contribution in [2.45, 2.75) is 53.1 Å². The van der Waals surface area contributed by atoms with E-state index in [9.17, 15) is 5.11 Å². The van der Waals surface area contributed by atoms with Gasteiger partial charge in [-0.1, -0.05) is 34.6 Å². The van der Waals surface area contributed by atoms with Crippen LogP contribution in [0.3, 0.4) is 0 Å². The van der Waals surface area contributed by atoms with E-state index in [4.69, 9.17) is 0 Å². The van der Waals surface area contributed by atoms with E-state index >= 15 is 0 Å². The number of aromatic nitrogens is 2. The Kier molecular flexibility index (Phi) is 5.34. The van der Waals surface area contributed by atoms with Crippen molar-refractivity contribution in [1.29, 1.82) is 0 Å². The molecule has 5 nitrogen and oxygen atoms in total. The van der Waals surface area contributed by atoms with E-state index in [0.717, 1.165) is 23.0 Å². The van der Waals surface area contributed by atoms with E-state index in [-0.39, 0.29) is 17.4 Å². The molecule has 20 heavy (non-hydrogen) atoms. The third kappa shape index (κ3) is 4.07. The molecule has 0 bridgehead atoms. The highest BCUT2D eigenvalue weighted by atomic mass is 16.3. The fraction of sp³-hybridized carbons (Fsp3) is 0.733. The van der Waals surface area contributed by atoms with Gasteiger partial charge in [0.15, 0.2) is 0 Å². The Labute approximate surface area is 122 Å². The van der Waals surface area contributed by atoms with E-state index < -0.39 is 0 Å². The molecule has 0 amide bonds. The number of hydrogen-bond donors (Lipinski definition) is 3. The predicted octanol–water partition coefficient (Wildman–Crippen LogP) is 2.55. The third-order valence-corrected chi connectivity index (χ3v) is 3.30. The fourth-order valence-electron chi connectivity index (χ4n) is 1.70. The van der Waals surface area contributed by atoms with Crippen LogP contribution in [0.4, 0.5) is 11.6 Å². The topological polar surface area (TPSA) is 70.1 Å². The number of rotatable bonds is 5. The summed E-state index contributed by atoms with van der Waals surface area (Å²) in [6, 6.07) is 0. The molecule has 0 saturated heterocycles. The molecule has 3 N–H and O–H groups in total. The molecule has 0 saturated carbocycles. The number of aliphatic hydroxyl groups is 1. The standard InChI is InChI=1S/C15H28N4O/c1-9(2)11(20)8-17-13-10(3)12(16-7)18-14(19-13)15(4,5)6/h9,11,20H,8H2,1-7H3,(H2,16,17,18,19). The molecule has 1 rings (SSSR count). The van der Waals surface area contributed by atoms with E-state index in [2.05, 4.69) is 41.4 Å². The number of nitrogens with one attached hydrogen (secondary N) is 2. The smallest absolute Gasteiger partial charge is 0.138 e. The molecule has 0 fully saturated rings. The molecular formula is C15H28N4O. The summed E-state index contributed by atoms with van der Waals surface area (Å²) in [4.78, 5) is 9.17. The second-order valence-electron chi connectivity index (χ2n) is 6.56. The molecule has 0 aliphatic rings. The highest BCUT2D eigenvalue weighted by Gasteiger charge is 2.21. The van der Waals surface area contributed by atoms with Gasteiger partial charge >= 0.3 is 0 Å². The summed E-state index contributed by atoms with van der Waals surface area (Å²) in [6.07, 6.45) is -0.388. The average Bonchev–Trinajstić information content (AvgIpc) is 2.35. The van der Waals surface area contributed by atoms with Crippen LogP contribution in [-0.2, 0) is 5.41 Å². The zero-order chi connectivity index (χ0) is 15.5. The van der Waals surface area contributed by atoms with Gasteiger partial charge in [0.05, 0.1) is 6.10 Å². The fourth-order valence-corrected chi connectivity index (χ4v) is 1.70. The first-order chi connectivity index (χ1) is 9.16. The molecule has 0 spiro atoms. The maximum atomic E-state index is 9.91. The Morgan fingerprint density at radius 3 is 2.15 bits per heavy atom. The quantitative estimate of drug-likeness (QED) is 0.773. The SMILES string of the molecule is CNc1nc(C(C)(C)C)nc(NCC(O)C(C)C)c1C. The highest BCUT2D eigenvalue weighted by molar-refractivity contribution is 5.57. The molecule has 1 aromatic heterocycles. The van der Waals surface area contributed by atoms with Gasteiger partial charge < -0.3 is 15.7 Å². The van der Waals surface area contributed by atoms with Gasteiger partial charge in [-0.3, -0.25) is 0 Å². The van der Waals surface area contributed by atoms with Crippen LogP contribution in [0, 0.1) is 12.8 Å². The van der Waals surface area contributed by atoms with Gasteiger partial charge in [0.2, 0.25) is 0 Å². The van der Waals surface area contributed by atoms with Gasteiger partial charge in [-0.25, -0.2) is 9.97 Å². The molecule has 1 heterocycles. The number of hydrogen-bond acceptors (Lipinski definition) is 5. The number of aliphatic hydroxyl groups excluding tert-OH is 1. The Hall–Kier alpha value is -1.36. The predicted molar refractivity (Wildman–Crippen MR) is 84.4 cm³/mol. The Morgan fingerprint density at radius 2 is 1.70 bits per heavy atom. The lowest BCUT2D eigenvalue weighted by Gasteiger charge is -2.22. The van der Waals surface area contributed by atoms with Gasteiger partial charge in [0.1, 0.15) is 17.5 Å². The van der Waals surface area contributed by atoms with Crippen LogP contribution >= 0.6 is 0 Å². The van der Waals surface area contributed by atoms with Gasteiger partial charge in [0.25, 0.3) is 0 Å². The number of anilines is 2.